The van der Waals surface area contributed by atoms with Gasteiger partial charge in [0.25, 0.3) is 5.91 Å². The summed E-state index contributed by atoms with van der Waals surface area (Å²) in [6.45, 7) is 1.81. The second-order valence-electron chi connectivity index (χ2n) is 4.47. The number of carbonyl (C=O) groups excluding carboxylic acids is 1. The zero-order valence-electron chi connectivity index (χ0n) is 9.92. The van der Waals surface area contributed by atoms with Gasteiger partial charge in [-0.25, -0.2) is 0 Å². The number of furan rings is 1. The average Bonchev–Trinajstić information content (AvgIpc) is 2.91. The highest BCUT2D eigenvalue weighted by molar-refractivity contribution is 5.93. The number of amides is 1. The number of nitrogens with zero attached hydrogens (tertiary/aromatic N) is 2. The van der Waals surface area contributed by atoms with Gasteiger partial charge in [-0.15, -0.1) is 0 Å². The summed E-state index contributed by atoms with van der Waals surface area (Å²) in [5, 5.41) is 6.69. The summed E-state index contributed by atoms with van der Waals surface area (Å²) in [6.07, 6.45) is 5.09. The monoisotopic (exact) mass is 247 g/mol. The Balaban J connectivity index is 1.66. The minimum atomic E-state index is -0.313. The van der Waals surface area contributed by atoms with Crippen LogP contribution in [0.4, 0.5) is 0 Å². The quantitative estimate of drug-likeness (QED) is 0.893. The van der Waals surface area contributed by atoms with Gasteiger partial charge in [-0.2, -0.15) is 4.98 Å². The van der Waals surface area contributed by atoms with Crippen molar-refractivity contribution in [1.29, 1.82) is 0 Å². The molecule has 6 heteroatoms. The van der Waals surface area contributed by atoms with E-state index < -0.39 is 0 Å². The van der Waals surface area contributed by atoms with Crippen molar-refractivity contribution < 1.29 is 13.7 Å². The predicted octanol–water partition coefficient (Wildman–Crippen LogP) is 2.03. The molecule has 6 nitrogen and oxygen atoms in total. The number of carbonyl (C=O) groups is 1. The van der Waals surface area contributed by atoms with Crippen LogP contribution in [0.2, 0.25) is 0 Å². The van der Waals surface area contributed by atoms with Crippen LogP contribution in [0.5, 0.6) is 0 Å². The van der Waals surface area contributed by atoms with Crippen LogP contribution in [0.15, 0.2) is 27.5 Å². The molecule has 1 saturated carbocycles. The number of hydrogen-bond acceptors (Lipinski definition) is 5. The van der Waals surface area contributed by atoms with Gasteiger partial charge in [-0.05, 0) is 25.8 Å². The van der Waals surface area contributed by atoms with Crippen LogP contribution in [-0.2, 0) is 0 Å². The molecular weight excluding hydrogens is 234 g/mol. The second kappa shape index (κ2) is 4.29. The topological polar surface area (TPSA) is 81.2 Å². The molecule has 0 unspecified atom stereocenters. The Morgan fingerprint density at radius 2 is 2.39 bits per heavy atom. The van der Waals surface area contributed by atoms with E-state index in [1.54, 1.807) is 6.07 Å². The first-order chi connectivity index (χ1) is 8.74. The van der Waals surface area contributed by atoms with Gasteiger partial charge in [0.2, 0.25) is 5.89 Å². The lowest BCUT2D eigenvalue weighted by Crippen LogP contribution is -2.26. The molecule has 0 radical (unpaired) electrons. The van der Waals surface area contributed by atoms with E-state index in [1.165, 1.54) is 12.5 Å². The van der Waals surface area contributed by atoms with Gasteiger partial charge in [0.1, 0.15) is 12.3 Å². The van der Waals surface area contributed by atoms with E-state index in [2.05, 4.69) is 15.5 Å². The van der Waals surface area contributed by atoms with Crippen molar-refractivity contribution >= 4 is 5.91 Å². The molecule has 0 aromatic carbocycles. The van der Waals surface area contributed by atoms with Crippen molar-refractivity contribution in [3.8, 4) is 0 Å². The summed E-state index contributed by atoms with van der Waals surface area (Å²) in [5.41, 5.74) is 0.476. The fraction of sp³-hybridized carbons (Fsp3) is 0.417. The van der Waals surface area contributed by atoms with Gasteiger partial charge in [0, 0.05) is 5.92 Å². The minimum Gasteiger partial charge on any atom is -0.472 e. The Morgan fingerprint density at radius 3 is 3.06 bits per heavy atom. The number of nitrogens with one attached hydrogen (secondary N) is 1. The number of rotatable bonds is 4. The lowest BCUT2D eigenvalue weighted by atomic mass is 10.2. The Morgan fingerprint density at radius 1 is 1.56 bits per heavy atom. The summed E-state index contributed by atoms with van der Waals surface area (Å²) in [4.78, 5) is 16.1. The van der Waals surface area contributed by atoms with Crippen LogP contribution in [-0.4, -0.2) is 16.0 Å². The van der Waals surface area contributed by atoms with E-state index in [0.29, 0.717) is 17.4 Å². The van der Waals surface area contributed by atoms with Crippen LogP contribution in [0.25, 0.3) is 0 Å². The van der Waals surface area contributed by atoms with Crippen LogP contribution < -0.4 is 5.32 Å². The molecule has 1 N–H and O–H groups in total. The van der Waals surface area contributed by atoms with Crippen molar-refractivity contribution in [1.82, 2.24) is 15.5 Å². The van der Waals surface area contributed by atoms with Crippen LogP contribution in [0, 0.1) is 0 Å². The highest BCUT2D eigenvalue weighted by atomic mass is 16.5. The lowest BCUT2D eigenvalue weighted by Gasteiger charge is -2.07. The highest BCUT2D eigenvalue weighted by Gasteiger charge is 2.29. The average molecular weight is 247 g/mol. The van der Waals surface area contributed by atoms with E-state index in [1.807, 2.05) is 6.92 Å². The van der Waals surface area contributed by atoms with Gasteiger partial charge >= 0.3 is 0 Å². The molecule has 3 rings (SSSR count). The second-order valence-corrected chi connectivity index (χ2v) is 4.47. The summed E-state index contributed by atoms with van der Waals surface area (Å²) < 4.78 is 10.0. The molecule has 2 aromatic heterocycles. The summed E-state index contributed by atoms with van der Waals surface area (Å²) in [7, 11) is 0. The molecule has 94 valence electrons. The Bertz CT molecular complexity index is 543. The van der Waals surface area contributed by atoms with Crippen molar-refractivity contribution in [2.75, 3.05) is 0 Å². The van der Waals surface area contributed by atoms with Crippen LogP contribution >= 0.6 is 0 Å². The Hall–Kier alpha value is -2.11. The highest BCUT2D eigenvalue weighted by Crippen LogP contribution is 2.38. The molecular formula is C12H13N3O3. The molecule has 1 fully saturated rings. The predicted molar refractivity (Wildman–Crippen MR) is 60.9 cm³/mol. The van der Waals surface area contributed by atoms with Gasteiger partial charge in [-0.3, -0.25) is 4.79 Å². The zero-order valence-corrected chi connectivity index (χ0v) is 9.92. The molecule has 0 saturated heterocycles. The van der Waals surface area contributed by atoms with Crippen molar-refractivity contribution in [2.45, 2.75) is 31.7 Å². The van der Waals surface area contributed by atoms with Crippen LogP contribution in [0.1, 0.15) is 53.8 Å². The van der Waals surface area contributed by atoms with E-state index in [-0.39, 0.29) is 11.9 Å². The van der Waals surface area contributed by atoms with Crippen molar-refractivity contribution in [3.05, 3.63) is 35.9 Å². The molecule has 18 heavy (non-hydrogen) atoms. The molecule has 2 aromatic rings. The van der Waals surface area contributed by atoms with E-state index in [4.69, 9.17) is 8.94 Å². The van der Waals surface area contributed by atoms with Crippen molar-refractivity contribution in [2.24, 2.45) is 0 Å². The standard InChI is InChI=1S/C12H13N3O3/c1-7(13-11(16)9-4-5-17-6-9)12-14-10(15-18-12)8-2-3-8/h4-8H,2-3H2,1H3,(H,13,16)/t7-/m0/s1. The first kappa shape index (κ1) is 11.0. The van der Waals surface area contributed by atoms with Gasteiger partial charge < -0.3 is 14.3 Å². The minimum absolute atomic E-state index is 0.220. The third-order valence-corrected chi connectivity index (χ3v) is 2.90. The molecule has 2 heterocycles. The lowest BCUT2D eigenvalue weighted by molar-refractivity contribution is 0.0932. The zero-order chi connectivity index (χ0) is 12.5. The Kier molecular flexibility index (Phi) is 2.62. The van der Waals surface area contributed by atoms with E-state index in [9.17, 15) is 4.79 Å². The SMILES string of the molecule is C[C@H](NC(=O)c1ccoc1)c1nc(C2CC2)no1. The molecule has 1 aliphatic carbocycles. The van der Waals surface area contributed by atoms with Gasteiger partial charge in [-0.1, -0.05) is 5.16 Å². The van der Waals surface area contributed by atoms with Crippen molar-refractivity contribution in [3.63, 3.8) is 0 Å². The van der Waals surface area contributed by atoms with Crippen LogP contribution in [0.3, 0.4) is 0 Å². The third-order valence-electron chi connectivity index (χ3n) is 2.90. The van der Waals surface area contributed by atoms with E-state index >= 15 is 0 Å². The largest absolute Gasteiger partial charge is 0.472 e. The maximum Gasteiger partial charge on any atom is 0.255 e. The van der Waals surface area contributed by atoms with Gasteiger partial charge in [0.05, 0.1) is 11.8 Å². The smallest absolute Gasteiger partial charge is 0.255 e. The number of aromatic nitrogens is 2. The summed E-state index contributed by atoms with van der Waals surface area (Å²) in [6, 6.07) is 1.29. The maximum absolute atomic E-state index is 11.8. The molecule has 0 aliphatic heterocycles. The fourth-order valence-electron chi connectivity index (χ4n) is 1.67. The van der Waals surface area contributed by atoms with E-state index in [0.717, 1.165) is 18.7 Å². The summed E-state index contributed by atoms with van der Waals surface area (Å²) >= 11 is 0. The first-order valence-electron chi connectivity index (χ1n) is 5.90. The molecule has 0 bridgehead atoms. The number of hydrogen-bond donors (Lipinski definition) is 1. The summed E-state index contributed by atoms with van der Waals surface area (Å²) in [5.74, 6) is 1.41. The molecule has 1 amide bonds. The fourth-order valence-corrected chi connectivity index (χ4v) is 1.67. The molecule has 1 aliphatic rings. The molecule has 0 spiro atoms. The van der Waals surface area contributed by atoms with Gasteiger partial charge in [0.15, 0.2) is 5.82 Å². The Labute approximate surface area is 103 Å². The normalized spacial score (nSPS) is 16.5. The first-order valence-corrected chi connectivity index (χ1v) is 5.90. The molecule has 1 atom stereocenters. The maximum atomic E-state index is 11.8. The third kappa shape index (κ3) is 2.13.